The van der Waals surface area contributed by atoms with Crippen LogP contribution in [0.2, 0.25) is 0 Å². The van der Waals surface area contributed by atoms with E-state index in [1.54, 1.807) is 0 Å². The van der Waals surface area contributed by atoms with E-state index in [9.17, 15) is 29.9 Å². The fraction of sp³-hybridized carbons (Fsp3) is 0.0870. The molecular weight excluding hydrogens is 432 g/mol. The van der Waals surface area contributed by atoms with Crippen LogP contribution in [0.1, 0.15) is 11.5 Å². The molecule has 0 aliphatic heterocycles. The number of hydrogen-bond donors (Lipinski definition) is 2. The molecule has 10 heteroatoms. The second kappa shape index (κ2) is 8.08. The molecule has 0 atom stereocenters. The molecule has 4 aromatic rings. The molecule has 4 rings (SSSR count). The normalized spacial score (nSPS) is 10.8. The third kappa shape index (κ3) is 4.09. The van der Waals surface area contributed by atoms with Gasteiger partial charge in [0.15, 0.2) is 0 Å². The average Bonchev–Trinajstić information content (AvgIpc) is 2.72. The van der Waals surface area contributed by atoms with Crippen LogP contribution >= 0.6 is 0 Å². The van der Waals surface area contributed by atoms with Gasteiger partial charge >= 0.3 is 11.3 Å². The van der Waals surface area contributed by atoms with Crippen molar-refractivity contribution in [1.82, 2.24) is 4.98 Å². The number of non-ortho nitro benzene ring substituents is 1. The number of nitro benzene ring substituents is 1. The molecule has 0 saturated carbocycles. The van der Waals surface area contributed by atoms with Crippen molar-refractivity contribution in [3.8, 4) is 45.1 Å². The lowest BCUT2D eigenvalue weighted by Crippen LogP contribution is -2.08. The maximum absolute atomic E-state index is 12.5. The Hall–Kier alpha value is -4.73. The first-order valence-corrected chi connectivity index (χ1v) is 9.59. The Morgan fingerprint density at radius 2 is 1.24 bits per heavy atom. The molecule has 33 heavy (non-hydrogen) atoms. The van der Waals surface area contributed by atoms with E-state index < -0.39 is 16.2 Å². The van der Waals surface area contributed by atoms with E-state index >= 15 is 0 Å². The Kier molecular flexibility index (Phi) is 5.26. The minimum atomic E-state index is -0.855. The molecule has 0 saturated heterocycles. The molecule has 0 fully saturated rings. The number of nitrogens with zero attached hydrogens (tertiary/aromatic N) is 2. The van der Waals surface area contributed by atoms with E-state index in [0.717, 1.165) is 0 Å². The Labute approximate surface area is 185 Å². The lowest BCUT2D eigenvalue weighted by Gasteiger charge is -2.11. The number of aromatic nitrogens is 1. The number of rotatable bonds is 4. The molecule has 3 heterocycles. The summed E-state index contributed by atoms with van der Waals surface area (Å²) in [5.74, 6) is -0.402. The van der Waals surface area contributed by atoms with Crippen LogP contribution in [0.25, 0.3) is 33.6 Å². The number of pyridine rings is 1. The summed E-state index contributed by atoms with van der Waals surface area (Å²) < 4.78 is 10.2. The highest BCUT2D eigenvalue weighted by Crippen LogP contribution is 2.34. The number of aromatic hydroxyl groups is 2. The first-order valence-electron chi connectivity index (χ1n) is 9.59. The van der Waals surface area contributed by atoms with Crippen molar-refractivity contribution < 1.29 is 24.0 Å². The van der Waals surface area contributed by atoms with Crippen LogP contribution < -0.4 is 11.3 Å². The highest BCUT2D eigenvalue weighted by molar-refractivity contribution is 5.79. The predicted octanol–water partition coefficient (Wildman–Crippen LogP) is 3.93. The van der Waals surface area contributed by atoms with Crippen molar-refractivity contribution in [3.05, 3.63) is 91.0 Å². The molecule has 0 aliphatic rings. The molecule has 0 spiro atoms. The lowest BCUT2D eigenvalue weighted by atomic mass is 10.00. The van der Waals surface area contributed by atoms with Gasteiger partial charge in [-0.15, -0.1) is 0 Å². The summed E-state index contributed by atoms with van der Waals surface area (Å²) >= 11 is 0. The molecular formula is C23H16N2O8. The van der Waals surface area contributed by atoms with E-state index in [-0.39, 0.29) is 51.2 Å². The SMILES string of the molecule is Cc1cc(O)c(-c2cc(-c3ccc([N+](=O)[O-])cc3)cc(-c3c(O)cc(C)oc3=O)n2)c(=O)o1. The van der Waals surface area contributed by atoms with Gasteiger partial charge in [0, 0.05) is 24.3 Å². The zero-order valence-electron chi connectivity index (χ0n) is 17.4. The number of aryl methyl sites for hydroxylation is 2. The van der Waals surface area contributed by atoms with Crippen molar-refractivity contribution in [3.63, 3.8) is 0 Å². The van der Waals surface area contributed by atoms with Crippen molar-refractivity contribution in [2.24, 2.45) is 0 Å². The molecule has 166 valence electrons. The van der Waals surface area contributed by atoms with E-state index in [4.69, 9.17) is 8.83 Å². The van der Waals surface area contributed by atoms with Crippen LogP contribution in [0, 0.1) is 24.0 Å². The molecule has 0 bridgehead atoms. The van der Waals surface area contributed by atoms with Crippen molar-refractivity contribution >= 4 is 5.69 Å². The molecule has 3 aromatic heterocycles. The smallest absolute Gasteiger partial charge is 0.349 e. The van der Waals surface area contributed by atoms with Crippen LogP contribution in [-0.4, -0.2) is 20.1 Å². The Balaban J connectivity index is 2.02. The van der Waals surface area contributed by atoms with E-state index in [2.05, 4.69) is 4.98 Å². The van der Waals surface area contributed by atoms with Gasteiger partial charge in [0.05, 0.1) is 16.3 Å². The average molecular weight is 448 g/mol. The van der Waals surface area contributed by atoms with Gasteiger partial charge < -0.3 is 19.0 Å². The van der Waals surface area contributed by atoms with E-state index in [1.807, 2.05) is 0 Å². The largest absolute Gasteiger partial charge is 0.507 e. The molecule has 0 unspecified atom stereocenters. The second-order valence-corrected chi connectivity index (χ2v) is 7.24. The van der Waals surface area contributed by atoms with Crippen LogP contribution in [0.15, 0.2) is 67.0 Å². The summed E-state index contributed by atoms with van der Waals surface area (Å²) in [5.41, 5.74) is -1.50. The second-order valence-electron chi connectivity index (χ2n) is 7.24. The van der Waals surface area contributed by atoms with E-state index in [0.29, 0.717) is 11.1 Å². The van der Waals surface area contributed by atoms with Gasteiger partial charge in [-0.1, -0.05) is 0 Å². The lowest BCUT2D eigenvalue weighted by molar-refractivity contribution is -0.384. The summed E-state index contributed by atoms with van der Waals surface area (Å²) in [7, 11) is 0. The van der Waals surface area contributed by atoms with Gasteiger partial charge in [-0.05, 0) is 49.2 Å². The predicted molar refractivity (Wildman–Crippen MR) is 117 cm³/mol. The van der Waals surface area contributed by atoms with Crippen LogP contribution in [-0.2, 0) is 0 Å². The van der Waals surface area contributed by atoms with E-state index in [1.165, 1.54) is 62.4 Å². The Bertz CT molecular complexity index is 1430. The summed E-state index contributed by atoms with van der Waals surface area (Å²) in [6.07, 6.45) is 0. The molecule has 1 aromatic carbocycles. The highest BCUT2D eigenvalue weighted by Gasteiger charge is 2.20. The first-order chi connectivity index (χ1) is 15.6. The standard InChI is InChI=1S/C23H16N2O8/c1-11-7-18(26)20(22(28)32-11)16-9-14(13-3-5-15(6-4-13)25(30)31)10-17(24-16)21-19(27)8-12(2)33-23(21)29/h3-10,26-27H,1-2H3. The van der Waals surface area contributed by atoms with Gasteiger partial charge in [-0.2, -0.15) is 0 Å². The monoisotopic (exact) mass is 448 g/mol. The Morgan fingerprint density at radius 3 is 1.64 bits per heavy atom. The summed E-state index contributed by atoms with van der Waals surface area (Å²) in [4.78, 5) is 39.7. The van der Waals surface area contributed by atoms with Crippen molar-refractivity contribution in [2.45, 2.75) is 13.8 Å². The van der Waals surface area contributed by atoms with Gasteiger partial charge in [0.1, 0.15) is 34.1 Å². The number of hydrogen-bond acceptors (Lipinski definition) is 9. The summed E-state index contributed by atoms with van der Waals surface area (Å²) in [6.45, 7) is 2.99. The fourth-order valence-electron chi connectivity index (χ4n) is 3.39. The van der Waals surface area contributed by atoms with Crippen LogP contribution in [0.3, 0.4) is 0 Å². The number of benzene rings is 1. The molecule has 0 amide bonds. The fourth-order valence-corrected chi connectivity index (χ4v) is 3.39. The van der Waals surface area contributed by atoms with Crippen molar-refractivity contribution in [2.75, 3.05) is 0 Å². The molecule has 2 N–H and O–H groups in total. The third-order valence-corrected chi connectivity index (χ3v) is 4.86. The van der Waals surface area contributed by atoms with Gasteiger partial charge in [0.25, 0.3) is 5.69 Å². The van der Waals surface area contributed by atoms with Gasteiger partial charge in [-0.3, -0.25) is 10.1 Å². The minimum absolute atomic E-state index is 0.0357. The first kappa shape index (κ1) is 21.5. The van der Waals surface area contributed by atoms with Gasteiger partial charge in [-0.25, -0.2) is 14.6 Å². The molecule has 0 aliphatic carbocycles. The maximum atomic E-state index is 12.5. The Morgan fingerprint density at radius 1 is 0.788 bits per heavy atom. The third-order valence-electron chi connectivity index (χ3n) is 4.86. The van der Waals surface area contributed by atoms with Gasteiger partial charge in [0.2, 0.25) is 0 Å². The topological polar surface area (TPSA) is 157 Å². The maximum Gasteiger partial charge on any atom is 0.349 e. The highest BCUT2D eigenvalue weighted by atomic mass is 16.6. The summed E-state index contributed by atoms with van der Waals surface area (Å²) in [6, 6.07) is 11.0. The summed E-state index contributed by atoms with van der Waals surface area (Å²) in [5, 5.41) is 31.8. The van der Waals surface area contributed by atoms with Crippen molar-refractivity contribution in [1.29, 1.82) is 0 Å². The molecule has 10 nitrogen and oxygen atoms in total. The molecule has 0 radical (unpaired) electrons. The quantitative estimate of drug-likeness (QED) is 0.349. The van der Waals surface area contributed by atoms with Crippen LogP contribution in [0.5, 0.6) is 11.5 Å². The van der Waals surface area contributed by atoms with Crippen LogP contribution in [0.4, 0.5) is 5.69 Å². The number of nitro groups is 1. The zero-order valence-corrected chi connectivity index (χ0v) is 17.4. The zero-order chi connectivity index (χ0) is 23.9. The minimum Gasteiger partial charge on any atom is -0.507 e.